The number of nitrogens with zero attached hydrogens (tertiary/aromatic N) is 5. The fraction of sp³-hybridized carbons (Fsp3) is 0.625. The van der Waals surface area contributed by atoms with Gasteiger partial charge in [0, 0.05) is 25.7 Å². The Morgan fingerprint density at radius 3 is 2.91 bits per heavy atom. The van der Waals surface area contributed by atoms with Crippen LogP contribution in [-0.4, -0.2) is 30.5 Å². The number of aromatic nitrogens is 5. The fourth-order valence-electron chi connectivity index (χ4n) is 3.26. The summed E-state index contributed by atoms with van der Waals surface area (Å²) in [5.41, 5.74) is 1.07. The van der Waals surface area contributed by atoms with E-state index in [2.05, 4.69) is 25.2 Å². The maximum Gasteiger partial charge on any atom is 0.220 e. The molecule has 1 amide bonds. The molecular formula is C16H24N6O. The van der Waals surface area contributed by atoms with Gasteiger partial charge < -0.3 is 9.88 Å². The molecule has 0 aliphatic heterocycles. The summed E-state index contributed by atoms with van der Waals surface area (Å²) in [6.07, 6.45) is 11.5. The highest BCUT2D eigenvalue weighted by Crippen LogP contribution is 2.31. The Hall–Kier alpha value is -2.18. The molecule has 124 valence electrons. The lowest BCUT2D eigenvalue weighted by molar-refractivity contribution is -0.121. The van der Waals surface area contributed by atoms with Crippen molar-refractivity contribution in [2.75, 3.05) is 0 Å². The molecule has 1 saturated carbocycles. The first kappa shape index (κ1) is 15.7. The Bertz CT molecular complexity index is 655. The van der Waals surface area contributed by atoms with E-state index in [4.69, 9.17) is 0 Å². The third-order valence-corrected chi connectivity index (χ3v) is 4.48. The Balaban J connectivity index is 1.55. The van der Waals surface area contributed by atoms with Crippen LogP contribution in [0.2, 0.25) is 0 Å². The predicted molar refractivity (Wildman–Crippen MR) is 85.6 cm³/mol. The lowest BCUT2D eigenvalue weighted by Gasteiger charge is -2.18. The van der Waals surface area contributed by atoms with E-state index >= 15 is 0 Å². The van der Waals surface area contributed by atoms with Crippen molar-refractivity contribution in [3.8, 4) is 0 Å². The molecule has 1 N–H and O–H groups in total. The molecule has 0 spiro atoms. The van der Waals surface area contributed by atoms with Gasteiger partial charge in [-0.15, -0.1) is 10.2 Å². The molecule has 3 rings (SSSR count). The number of rotatable bonds is 6. The van der Waals surface area contributed by atoms with Crippen LogP contribution in [0.25, 0.3) is 0 Å². The highest BCUT2D eigenvalue weighted by Gasteiger charge is 2.23. The maximum absolute atomic E-state index is 12.2. The second kappa shape index (κ2) is 6.93. The van der Waals surface area contributed by atoms with Crippen molar-refractivity contribution in [2.45, 2.75) is 57.5 Å². The fourth-order valence-corrected chi connectivity index (χ4v) is 3.26. The van der Waals surface area contributed by atoms with Crippen molar-refractivity contribution < 1.29 is 4.79 Å². The van der Waals surface area contributed by atoms with E-state index in [0.29, 0.717) is 18.9 Å². The summed E-state index contributed by atoms with van der Waals surface area (Å²) in [5.74, 6) is 0.883. The van der Waals surface area contributed by atoms with Gasteiger partial charge in [-0.1, -0.05) is 12.8 Å². The quantitative estimate of drug-likeness (QED) is 0.883. The van der Waals surface area contributed by atoms with E-state index in [-0.39, 0.29) is 11.9 Å². The van der Waals surface area contributed by atoms with Gasteiger partial charge in [-0.05, 0) is 31.7 Å². The average Bonchev–Trinajstić information content (AvgIpc) is 3.25. The second-order valence-electron chi connectivity index (χ2n) is 6.35. The topological polar surface area (TPSA) is 77.6 Å². The van der Waals surface area contributed by atoms with Crippen LogP contribution < -0.4 is 5.32 Å². The normalized spacial score (nSPS) is 16.6. The number of amides is 1. The molecule has 0 radical (unpaired) electrons. The molecular weight excluding hydrogens is 292 g/mol. The summed E-state index contributed by atoms with van der Waals surface area (Å²) in [5, 5.41) is 15.4. The van der Waals surface area contributed by atoms with Gasteiger partial charge in [-0.3, -0.25) is 9.48 Å². The molecule has 1 fully saturated rings. The van der Waals surface area contributed by atoms with Crippen molar-refractivity contribution in [3.63, 3.8) is 0 Å². The molecule has 2 aromatic heterocycles. The summed E-state index contributed by atoms with van der Waals surface area (Å²) in [6.45, 7) is 1.97. The van der Waals surface area contributed by atoms with Crippen LogP contribution in [0.1, 0.15) is 62.5 Å². The largest absolute Gasteiger partial charge is 0.346 e. The monoisotopic (exact) mass is 316 g/mol. The van der Waals surface area contributed by atoms with Crippen molar-refractivity contribution in [1.29, 1.82) is 0 Å². The summed E-state index contributed by atoms with van der Waals surface area (Å²) in [6, 6.07) is 0.356. The van der Waals surface area contributed by atoms with Crippen LogP contribution in [-0.2, 0) is 18.3 Å². The zero-order valence-electron chi connectivity index (χ0n) is 13.8. The van der Waals surface area contributed by atoms with Crippen LogP contribution in [0, 0.1) is 0 Å². The number of nitrogens with one attached hydrogen (secondary N) is 1. The van der Waals surface area contributed by atoms with E-state index in [1.165, 1.54) is 25.7 Å². The molecule has 1 aliphatic carbocycles. The standard InChI is InChI=1S/C16H24N6O/c1-12(16-20-17-11-22(16)14-5-3-4-6-14)19-15(23)8-7-13-9-18-21(2)10-13/h9-12,14H,3-8H2,1-2H3,(H,19,23). The van der Waals surface area contributed by atoms with Gasteiger partial charge in [-0.2, -0.15) is 5.10 Å². The minimum Gasteiger partial charge on any atom is -0.346 e. The van der Waals surface area contributed by atoms with E-state index in [1.54, 1.807) is 17.2 Å². The highest BCUT2D eigenvalue weighted by atomic mass is 16.1. The first-order valence-electron chi connectivity index (χ1n) is 8.30. The number of hydrogen-bond donors (Lipinski definition) is 1. The Morgan fingerprint density at radius 1 is 1.43 bits per heavy atom. The minimum absolute atomic E-state index is 0.0299. The molecule has 1 aliphatic rings. The molecule has 0 aromatic carbocycles. The van der Waals surface area contributed by atoms with Crippen molar-refractivity contribution in [1.82, 2.24) is 29.9 Å². The summed E-state index contributed by atoms with van der Waals surface area (Å²) < 4.78 is 3.89. The average molecular weight is 316 g/mol. The van der Waals surface area contributed by atoms with E-state index in [0.717, 1.165) is 11.4 Å². The molecule has 1 atom stereocenters. The zero-order chi connectivity index (χ0) is 16.2. The summed E-state index contributed by atoms with van der Waals surface area (Å²) in [4.78, 5) is 12.2. The van der Waals surface area contributed by atoms with Crippen molar-refractivity contribution >= 4 is 5.91 Å². The van der Waals surface area contributed by atoms with Crippen molar-refractivity contribution in [3.05, 3.63) is 30.1 Å². The second-order valence-corrected chi connectivity index (χ2v) is 6.35. The summed E-state index contributed by atoms with van der Waals surface area (Å²) >= 11 is 0. The van der Waals surface area contributed by atoms with Gasteiger partial charge in [0.15, 0.2) is 5.82 Å². The molecule has 0 bridgehead atoms. The first-order valence-corrected chi connectivity index (χ1v) is 8.30. The number of aryl methyl sites for hydroxylation is 2. The van der Waals surface area contributed by atoms with Gasteiger partial charge in [0.1, 0.15) is 6.33 Å². The smallest absolute Gasteiger partial charge is 0.220 e. The number of hydrogen-bond acceptors (Lipinski definition) is 4. The van der Waals surface area contributed by atoms with E-state index in [9.17, 15) is 4.79 Å². The lowest BCUT2D eigenvalue weighted by Crippen LogP contribution is -2.29. The Morgan fingerprint density at radius 2 is 2.22 bits per heavy atom. The molecule has 23 heavy (non-hydrogen) atoms. The van der Waals surface area contributed by atoms with Gasteiger partial charge in [0.2, 0.25) is 5.91 Å². The van der Waals surface area contributed by atoms with Gasteiger partial charge >= 0.3 is 0 Å². The van der Waals surface area contributed by atoms with Gasteiger partial charge in [0.25, 0.3) is 0 Å². The number of carbonyl (C=O) groups excluding carboxylic acids is 1. The lowest BCUT2D eigenvalue weighted by atomic mass is 10.2. The van der Waals surface area contributed by atoms with Gasteiger partial charge in [0.05, 0.1) is 12.2 Å². The molecule has 7 heteroatoms. The molecule has 7 nitrogen and oxygen atoms in total. The van der Waals surface area contributed by atoms with Crippen molar-refractivity contribution in [2.24, 2.45) is 7.05 Å². The maximum atomic E-state index is 12.2. The zero-order valence-corrected chi connectivity index (χ0v) is 13.8. The number of carbonyl (C=O) groups is 1. The van der Waals surface area contributed by atoms with E-state index in [1.807, 2.05) is 20.2 Å². The van der Waals surface area contributed by atoms with E-state index < -0.39 is 0 Å². The molecule has 2 heterocycles. The SMILES string of the molecule is CC(NC(=O)CCc1cnn(C)c1)c1nncn1C1CCCC1. The molecule has 2 aromatic rings. The van der Waals surface area contributed by atoms with Gasteiger partial charge in [-0.25, -0.2) is 0 Å². The van der Waals surface area contributed by atoms with Crippen LogP contribution in [0.4, 0.5) is 0 Å². The van der Waals surface area contributed by atoms with Crippen LogP contribution >= 0.6 is 0 Å². The third-order valence-electron chi connectivity index (χ3n) is 4.48. The molecule has 1 unspecified atom stereocenters. The Labute approximate surface area is 136 Å². The Kier molecular flexibility index (Phi) is 4.73. The first-order chi connectivity index (χ1) is 11.1. The highest BCUT2D eigenvalue weighted by molar-refractivity contribution is 5.76. The molecule has 0 saturated heterocycles. The summed E-state index contributed by atoms with van der Waals surface area (Å²) in [7, 11) is 1.88. The van der Waals surface area contributed by atoms with Crippen LogP contribution in [0.5, 0.6) is 0 Å². The minimum atomic E-state index is -0.125. The van der Waals surface area contributed by atoms with Crippen LogP contribution in [0.15, 0.2) is 18.7 Å². The third kappa shape index (κ3) is 3.78. The predicted octanol–water partition coefficient (Wildman–Crippen LogP) is 1.94. The van der Waals surface area contributed by atoms with Crippen LogP contribution in [0.3, 0.4) is 0 Å².